The van der Waals surface area contributed by atoms with Gasteiger partial charge in [0.1, 0.15) is 0 Å². The molecule has 0 fully saturated rings. The highest BCUT2D eigenvalue weighted by molar-refractivity contribution is 5.96. The highest BCUT2D eigenvalue weighted by Crippen LogP contribution is 2.19. The largest absolute Gasteiger partial charge is 0.294 e. The van der Waals surface area contributed by atoms with Crippen LogP contribution >= 0.6 is 0 Å². The summed E-state index contributed by atoms with van der Waals surface area (Å²) >= 11 is 0. The predicted octanol–water partition coefficient (Wildman–Crippen LogP) is 4.53. The summed E-state index contributed by atoms with van der Waals surface area (Å²) in [5, 5.41) is 11.1. The number of nitriles is 1. The molecule has 0 saturated carbocycles. The third kappa shape index (κ3) is 3.05. The molecule has 0 atom stereocenters. The number of carbonyl (C=O) groups excluding carboxylic acids is 1. The van der Waals surface area contributed by atoms with E-state index in [9.17, 15) is 4.79 Å². The van der Waals surface area contributed by atoms with Gasteiger partial charge in [0.15, 0.2) is 5.78 Å². The van der Waals surface area contributed by atoms with Crippen LogP contribution in [0.3, 0.4) is 0 Å². The van der Waals surface area contributed by atoms with Gasteiger partial charge in [0.05, 0.1) is 11.6 Å². The third-order valence-corrected chi connectivity index (χ3v) is 3.77. The zero-order valence-corrected chi connectivity index (χ0v) is 12.1. The average molecular weight is 285 g/mol. The molecule has 0 amide bonds. The highest BCUT2D eigenvalue weighted by Gasteiger charge is 2.06. The molecule has 0 aliphatic heterocycles. The maximum absolute atomic E-state index is 12.1. The molecule has 2 nitrogen and oxygen atoms in total. The van der Waals surface area contributed by atoms with Crippen LogP contribution in [0.4, 0.5) is 0 Å². The number of rotatable bonds is 4. The van der Waals surface area contributed by atoms with Crippen LogP contribution in [0.1, 0.15) is 27.9 Å². The fraction of sp³-hybridized carbons (Fsp3) is 0.100. The summed E-state index contributed by atoms with van der Waals surface area (Å²) < 4.78 is 0. The van der Waals surface area contributed by atoms with Crippen molar-refractivity contribution < 1.29 is 4.79 Å². The normalized spacial score (nSPS) is 10.3. The predicted molar refractivity (Wildman–Crippen MR) is 87.8 cm³/mol. The van der Waals surface area contributed by atoms with Crippen molar-refractivity contribution in [2.45, 2.75) is 12.8 Å². The summed E-state index contributed by atoms with van der Waals surface area (Å²) in [5.41, 5.74) is 2.57. The van der Waals surface area contributed by atoms with E-state index in [4.69, 9.17) is 5.26 Å². The highest BCUT2D eigenvalue weighted by atomic mass is 16.1. The van der Waals surface area contributed by atoms with Gasteiger partial charge in [-0.1, -0.05) is 54.6 Å². The van der Waals surface area contributed by atoms with Gasteiger partial charge < -0.3 is 0 Å². The van der Waals surface area contributed by atoms with E-state index in [0.717, 1.165) is 28.3 Å². The second-order valence-electron chi connectivity index (χ2n) is 5.30. The molecular formula is C20H15NO. The molecule has 0 aliphatic carbocycles. The first kappa shape index (κ1) is 14.0. The maximum atomic E-state index is 12.1. The van der Waals surface area contributed by atoms with Crippen LogP contribution in [-0.2, 0) is 6.42 Å². The monoisotopic (exact) mass is 285 g/mol. The molecule has 0 spiro atoms. The second-order valence-corrected chi connectivity index (χ2v) is 5.30. The van der Waals surface area contributed by atoms with Gasteiger partial charge in [0, 0.05) is 12.0 Å². The maximum Gasteiger partial charge on any atom is 0.163 e. The van der Waals surface area contributed by atoms with E-state index >= 15 is 0 Å². The lowest BCUT2D eigenvalue weighted by Gasteiger charge is -2.04. The third-order valence-electron chi connectivity index (χ3n) is 3.77. The summed E-state index contributed by atoms with van der Waals surface area (Å²) in [4.78, 5) is 12.1. The molecule has 0 aliphatic rings. The van der Waals surface area contributed by atoms with Crippen LogP contribution in [0.25, 0.3) is 10.8 Å². The molecule has 0 unspecified atom stereocenters. The fourth-order valence-corrected chi connectivity index (χ4v) is 2.55. The smallest absolute Gasteiger partial charge is 0.163 e. The molecule has 106 valence electrons. The number of aryl methyl sites for hydroxylation is 1. The first-order valence-corrected chi connectivity index (χ1v) is 7.27. The molecule has 0 aromatic heterocycles. The van der Waals surface area contributed by atoms with Gasteiger partial charge in [0.2, 0.25) is 0 Å². The van der Waals surface area contributed by atoms with Crippen molar-refractivity contribution in [2.75, 3.05) is 0 Å². The molecule has 0 bridgehead atoms. The summed E-state index contributed by atoms with van der Waals surface area (Å²) in [6.07, 6.45) is 1.23. The summed E-state index contributed by atoms with van der Waals surface area (Å²) in [6, 6.07) is 23.3. The van der Waals surface area contributed by atoms with Gasteiger partial charge in [-0.15, -0.1) is 0 Å². The Morgan fingerprint density at radius 3 is 2.41 bits per heavy atom. The van der Waals surface area contributed by atoms with Crippen molar-refractivity contribution in [1.82, 2.24) is 0 Å². The van der Waals surface area contributed by atoms with E-state index in [0.29, 0.717) is 12.0 Å². The Morgan fingerprint density at radius 2 is 1.64 bits per heavy atom. The quantitative estimate of drug-likeness (QED) is 0.661. The Balaban J connectivity index is 1.75. The van der Waals surface area contributed by atoms with E-state index in [2.05, 4.69) is 12.1 Å². The van der Waals surface area contributed by atoms with E-state index in [-0.39, 0.29) is 5.78 Å². The van der Waals surface area contributed by atoms with Crippen molar-refractivity contribution in [1.29, 1.82) is 5.26 Å². The molecule has 2 heteroatoms. The van der Waals surface area contributed by atoms with Crippen LogP contribution in [-0.4, -0.2) is 5.78 Å². The Labute approximate surface area is 129 Å². The van der Waals surface area contributed by atoms with Gasteiger partial charge >= 0.3 is 0 Å². The molecule has 22 heavy (non-hydrogen) atoms. The number of nitrogens with zero attached hydrogens (tertiary/aromatic N) is 1. The summed E-state index contributed by atoms with van der Waals surface area (Å²) in [5.74, 6) is 0.167. The van der Waals surface area contributed by atoms with E-state index in [1.54, 1.807) is 0 Å². The van der Waals surface area contributed by atoms with E-state index in [1.807, 2.05) is 60.7 Å². The summed E-state index contributed by atoms with van der Waals surface area (Å²) in [6.45, 7) is 0. The van der Waals surface area contributed by atoms with Gasteiger partial charge in [-0.25, -0.2) is 0 Å². The fourth-order valence-electron chi connectivity index (χ4n) is 2.55. The number of fused-ring (bicyclic) bond motifs is 1. The average Bonchev–Trinajstić information content (AvgIpc) is 2.59. The number of hydrogen-bond donors (Lipinski definition) is 0. The zero-order chi connectivity index (χ0) is 15.4. The number of ketones is 1. The molecule has 3 rings (SSSR count). The Hall–Kier alpha value is -2.92. The second kappa shape index (κ2) is 6.24. The lowest BCUT2D eigenvalue weighted by Crippen LogP contribution is -2.00. The summed E-state index contributed by atoms with van der Waals surface area (Å²) in [7, 11) is 0. The van der Waals surface area contributed by atoms with Gasteiger partial charge in [0.25, 0.3) is 0 Å². The standard InChI is InChI=1S/C20H15NO/c21-14-16-7-10-18-12-15(6-9-19(18)13-16)8-11-20(22)17-4-2-1-3-5-17/h1-7,9-10,12-13H,8,11H2. The number of hydrogen-bond acceptors (Lipinski definition) is 2. The molecular weight excluding hydrogens is 270 g/mol. The minimum absolute atomic E-state index is 0.167. The van der Waals surface area contributed by atoms with Crippen molar-refractivity contribution in [3.8, 4) is 6.07 Å². The molecule has 3 aromatic carbocycles. The van der Waals surface area contributed by atoms with Crippen LogP contribution in [0.15, 0.2) is 66.7 Å². The van der Waals surface area contributed by atoms with E-state index in [1.165, 1.54) is 0 Å². The first-order chi connectivity index (χ1) is 10.8. The minimum atomic E-state index is 0.167. The Kier molecular flexibility index (Phi) is 3.98. The molecule has 0 heterocycles. The van der Waals surface area contributed by atoms with Crippen LogP contribution < -0.4 is 0 Å². The Morgan fingerprint density at radius 1 is 0.909 bits per heavy atom. The van der Waals surface area contributed by atoms with Gasteiger partial charge in [-0.2, -0.15) is 5.26 Å². The lowest BCUT2D eigenvalue weighted by molar-refractivity contribution is 0.0983. The van der Waals surface area contributed by atoms with Crippen molar-refractivity contribution >= 4 is 16.6 Å². The first-order valence-electron chi connectivity index (χ1n) is 7.27. The molecule has 3 aromatic rings. The van der Waals surface area contributed by atoms with E-state index < -0.39 is 0 Å². The van der Waals surface area contributed by atoms with Crippen LogP contribution in [0.5, 0.6) is 0 Å². The zero-order valence-electron chi connectivity index (χ0n) is 12.1. The number of benzene rings is 3. The van der Waals surface area contributed by atoms with Crippen molar-refractivity contribution in [3.05, 3.63) is 83.4 Å². The lowest BCUT2D eigenvalue weighted by atomic mass is 9.99. The SMILES string of the molecule is N#Cc1ccc2cc(CCC(=O)c3ccccc3)ccc2c1. The van der Waals surface area contributed by atoms with Crippen LogP contribution in [0.2, 0.25) is 0 Å². The number of carbonyl (C=O) groups is 1. The Bertz CT molecular complexity index is 860. The molecule has 0 saturated heterocycles. The van der Waals surface area contributed by atoms with Gasteiger partial charge in [-0.3, -0.25) is 4.79 Å². The topological polar surface area (TPSA) is 40.9 Å². The van der Waals surface area contributed by atoms with Gasteiger partial charge in [-0.05, 0) is 34.9 Å². The van der Waals surface area contributed by atoms with Crippen molar-refractivity contribution in [3.63, 3.8) is 0 Å². The van der Waals surface area contributed by atoms with Crippen molar-refractivity contribution in [2.24, 2.45) is 0 Å². The molecule has 0 radical (unpaired) electrons. The number of Topliss-reactive ketones (excluding diaryl/α,β-unsaturated/α-hetero) is 1. The minimum Gasteiger partial charge on any atom is -0.294 e. The van der Waals surface area contributed by atoms with Crippen LogP contribution in [0, 0.1) is 11.3 Å². The molecule has 0 N–H and O–H groups in total.